The molecule has 14 heteroatoms. The molecule has 1 aliphatic carbocycles. The maximum atomic E-state index is 14.8. The summed E-state index contributed by atoms with van der Waals surface area (Å²) in [6.07, 6.45) is -2.48. The molecular weight excluding hydrogens is 560 g/mol. The van der Waals surface area contributed by atoms with Crippen LogP contribution >= 0.6 is 11.3 Å². The molecule has 2 aliphatic rings. The summed E-state index contributed by atoms with van der Waals surface area (Å²) in [5.74, 6) is -3.58. The topological polar surface area (TPSA) is 126 Å². The van der Waals surface area contributed by atoms with Gasteiger partial charge in [-0.25, -0.2) is 27.7 Å². The molecule has 2 heterocycles. The van der Waals surface area contributed by atoms with Gasteiger partial charge in [0.2, 0.25) is 10.0 Å². The molecule has 1 aromatic heterocycles. The van der Waals surface area contributed by atoms with Crippen LogP contribution in [0.2, 0.25) is 0 Å². The van der Waals surface area contributed by atoms with Crippen molar-refractivity contribution in [2.75, 3.05) is 18.4 Å². The van der Waals surface area contributed by atoms with E-state index in [4.69, 9.17) is 15.0 Å². The van der Waals surface area contributed by atoms with E-state index in [0.717, 1.165) is 50.2 Å². The zero-order valence-electron chi connectivity index (χ0n) is 20.5. The predicted molar refractivity (Wildman–Crippen MR) is 137 cm³/mol. The summed E-state index contributed by atoms with van der Waals surface area (Å²) >= 11 is 1.50. The van der Waals surface area contributed by atoms with E-state index in [1.807, 2.05) is 23.6 Å². The lowest BCUT2D eigenvalue weighted by atomic mass is 9.91. The van der Waals surface area contributed by atoms with Crippen LogP contribution in [0.15, 0.2) is 58.3 Å². The van der Waals surface area contributed by atoms with E-state index < -0.39 is 38.3 Å². The minimum absolute atomic E-state index is 0.142. The molecule has 1 saturated heterocycles. The van der Waals surface area contributed by atoms with Crippen molar-refractivity contribution in [2.45, 2.75) is 48.3 Å². The molecule has 0 bridgehead atoms. The summed E-state index contributed by atoms with van der Waals surface area (Å²) in [6.45, 7) is 2.64. The molecule has 0 spiro atoms. The van der Waals surface area contributed by atoms with E-state index in [-0.39, 0.29) is 6.04 Å². The van der Waals surface area contributed by atoms with Crippen LogP contribution in [0.3, 0.4) is 0 Å². The first-order valence-electron chi connectivity index (χ1n) is 11.9. The van der Waals surface area contributed by atoms with Gasteiger partial charge in [0, 0.05) is 42.2 Å². The normalized spacial score (nSPS) is 18.7. The molecule has 0 unspecified atom stereocenters. The molecule has 0 radical (unpaired) electrons. The number of hydrogen-bond acceptors (Lipinski definition) is 7. The molecule has 2 fully saturated rings. The summed E-state index contributed by atoms with van der Waals surface area (Å²) < 4.78 is 70.5. The lowest BCUT2D eigenvalue weighted by molar-refractivity contribution is -0.192. The van der Waals surface area contributed by atoms with Crippen LogP contribution in [0.5, 0.6) is 0 Å². The predicted octanol–water partition coefficient (Wildman–Crippen LogP) is 4.33. The molecule has 8 nitrogen and oxygen atoms in total. The van der Waals surface area contributed by atoms with Crippen LogP contribution in [-0.2, 0) is 26.8 Å². The van der Waals surface area contributed by atoms with Gasteiger partial charge in [0.1, 0.15) is 10.7 Å². The van der Waals surface area contributed by atoms with Crippen molar-refractivity contribution in [1.29, 1.82) is 0 Å². The van der Waals surface area contributed by atoms with Gasteiger partial charge < -0.3 is 10.4 Å². The zero-order chi connectivity index (χ0) is 28.4. The zero-order valence-corrected chi connectivity index (χ0v) is 22.1. The number of hydrogen-bond donors (Lipinski definition) is 3. The van der Waals surface area contributed by atoms with Gasteiger partial charge in [-0.1, -0.05) is 30.3 Å². The second-order valence-electron chi connectivity index (χ2n) is 9.48. The van der Waals surface area contributed by atoms with Crippen LogP contribution in [0.1, 0.15) is 36.1 Å². The number of carboxylic acids is 1. The van der Waals surface area contributed by atoms with E-state index in [1.165, 1.54) is 29.0 Å². The number of anilines is 1. The Morgan fingerprint density at radius 1 is 1.23 bits per heavy atom. The Hall–Kier alpha value is -3.07. The Kier molecular flexibility index (Phi) is 8.30. The lowest BCUT2D eigenvalue weighted by Gasteiger charge is -2.23. The van der Waals surface area contributed by atoms with Crippen molar-refractivity contribution in [1.82, 2.24) is 9.88 Å². The van der Waals surface area contributed by atoms with E-state index >= 15 is 0 Å². The quantitative estimate of drug-likeness (QED) is 0.352. The molecule has 210 valence electrons. The molecule has 39 heavy (non-hydrogen) atoms. The molecule has 2 aromatic carbocycles. The number of primary sulfonamides is 1. The Morgan fingerprint density at radius 2 is 1.90 bits per heavy atom. The van der Waals surface area contributed by atoms with Crippen molar-refractivity contribution in [2.24, 2.45) is 5.14 Å². The molecular formula is C25H26F4N4O4S2. The largest absolute Gasteiger partial charge is 0.490 e. The van der Waals surface area contributed by atoms with Crippen molar-refractivity contribution in [3.8, 4) is 0 Å². The number of thiazole rings is 1. The number of rotatable bonds is 7. The molecule has 1 aliphatic heterocycles. The summed E-state index contributed by atoms with van der Waals surface area (Å²) in [6, 6.07) is 13.2. The minimum Gasteiger partial charge on any atom is -0.475 e. The second-order valence-corrected chi connectivity index (χ2v) is 11.7. The molecule has 0 amide bonds. The van der Waals surface area contributed by atoms with E-state index in [0.29, 0.717) is 5.69 Å². The van der Waals surface area contributed by atoms with Crippen LogP contribution in [0.4, 0.5) is 23.2 Å². The number of sulfonamides is 1. The average molecular weight is 587 g/mol. The Morgan fingerprint density at radius 3 is 2.44 bits per heavy atom. The molecule has 5 rings (SSSR count). The SMILES string of the molecule is NS(=O)(=O)c1cc(C2(c3cscn3)CC2)c(N[C@H]2CCN(Cc3ccccc3)C2)cc1F.O=C(O)C(F)(F)F. The van der Waals surface area contributed by atoms with Gasteiger partial charge in [-0.05, 0) is 42.5 Å². The van der Waals surface area contributed by atoms with E-state index in [9.17, 15) is 26.0 Å². The fraction of sp³-hybridized carbons (Fsp3) is 0.360. The number of carbonyl (C=O) groups is 1. The third-order valence-electron chi connectivity index (χ3n) is 6.69. The third-order valence-corrected chi connectivity index (χ3v) is 8.20. The number of nitrogens with zero attached hydrogens (tertiary/aromatic N) is 2. The summed E-state index contributed by atoms with van der Waals surface area (Å²) in [5, 5.41) is 17.9. The maximum absolute atomic E-state index is 14.8. The number of nitrogens with two attached hydrogens (primary N) is 1. The first-order chi connectivity index (χ1) is 18.3. The number of halogens is 4. The molecule has 1 atom stereocenters. The van der Waals surface area contributed by atoms with Gasteiger partial charge in [-0.3, -0.25) is 4.90 Å². The molecule has 1 saturated carbocycles. The number of benzene rings is 2. The Bertz CT molecular complexity index is 1410. The second kappa shape index (κ2) is 11.2. The van der Waals surface area contributed by atoms with Crippen LogP contribution in [0, 0.1) is 5.82 Å². The first-order valence-corrected chi connectivity index (χ1v) is 14.4. The average Bonchev–Trinajstić information content (AvgIpc) is 3.23. The third kappa shape index (κ3) is 6.93. The van der Waals surface area contributed by atoms with Crippen LogP contribution < -0.4 is 10.5 Å². The van der Waals surface area contributed by atoms with E-state index in [2.05, 4.69) is 27.3 Å². The number of nitrogens with one attached hydrogen (secondary N) is 1. The summed E-state index contributed by atoms with van der Waals surface area (Å²) in [7, 11) is -4.17. The highest BCUT2D eigenvalue weighted by Gasteiger charge is 2.49. The maximum Gasteiger partial charge on any atom is 0.490 e. The smallest absolute Gasteiger partial charge is 0.475 e. The van der Waals surface area contributed by atoms with Gasteiger partial charge in [-0.15, -0.1) is 11.3 Å². The highest BCUT2D eigenvalue weighted by atomic mass is 32.2. The van der Waals surface area contributed by atoms with Crippen molar-refractivity contribution >= 4 is 33.0 Å². The Balaban J connectivity index is 0.000000448. The summed E-state index contributed by atoms with van der Waals surface area (Å²) in [5.41, 5.74) is 4.93. The number of likely N-dealkylation sites (tertiary alicyclic amines) is 1. The van der Waals surface area contributed by atoms with Crippen molar-refractivity contribution < 1.29 is 35.9 Å². The van der Waals surface area contributed by atoms with Gasteiger partial charge in [0.05, 0.1) is 11.2 Å². The molecule has 3 aromatic rings. The van der Waals surface area contributed by atoms with Crippen LogP contribution in [-0.4, -0.2) is 54.7 Å². The number of carboxylic acid groups (broad SMARTS) is 1. The first kappa shape index (κ1) is 28.9. The van der Waals surface area contributed by atoms with Gasteiger partial charge >= 0.3 is 12.1 Å². The van der Waals surface area contributed by atoms with Crippen molar-refractivity contribution in [3.05, 3.63) is 76.0 Å². The van der Waals surface area contributed by atoms with Gasteiger partial charge in [0.25, 0.3) is 0 Å². The highest BCUT2D eigenvalue weighted by Crippen LogP contribution is 2.56. The van der Waals surface area contributed by atoms with Crippen molar-refractivity contribution in [3.63, 3.8) is 0 Å². The number of aromatic nitrogens is 1. The minimum atomic E-state index is -5.08. The number of aliphatic carboxylic acids is 1. The van der Waals surface area contributed by atoms with Gasteiger partial charge in [-0.2, -0.15) is 13.2 Å². The Labute approximate surface area is 226 Å². The monoisotopic (exact) mass is 586 g/mol. The molecule has 4 N–H and O–H groups in total. The highest BCUT2D eigenvalue weighted by molar-refractivity contribution is 7.89. The fourth-order valence-corrected chi connectivity index (χ4v) is 5.94. The lowest BCUT2D eigenvalue weighted by Crippen LogP contribution is -2.27. The number of alkyl halides is 3. The fourth-order valence-electron chi connectivity index (χ4n) is 4.68. The van der Waals surface area contributed by atoms with Gasteiger partial charge in [0.15, 0.2) is 0 Å². The van der Waals surface area contributed by atoms with E-state index in [1.54, 1.807) is 5.51 Å². The van der Waals surface area contributed by atoms with Crippen LogP contribution in [0.25, 0.3) is 0 Å². The standard InChI is InChI=1S/C23H25FN4O2S2.C2HF3O2/c24-19-11-20(27-17-6-9-28(13-17)12-16-4-2-1-3-5-16)18(10-21(19)32(25,29)30)23(7-8-23)22-14-31-15-26-22;3-2(4,5)1(6)7/h1-5,10-11,14-15,17,27H,6-9,12-13H2,(H2,25,29,30);(H,6,7)/t17-;/m0./s1. The summed E-state index contributed by atoms with van der Waals surface area (Å²) in [4.78, 5) is 15.3.